The standard InChI is InChI=1S/C22H22N2O3S/c1-16-10-11-18(13-17(16)2)15-24(22(25)19-7-6-12-23-14-19)20-8-4-5-9-21(20)28(3,26)27/h4-14H,15H2,1-3H3. The number of amides is 1. The maximum atomic E-state index is 13.3. The van der Waals surface area contributed by atoms with Gasteiger partial charge in [-0.15, -0.1) is 0 Å². The third kappa shape index (κ3) is 4.28. The number of hydrogen-bond donors (Lipinski definition) is 0. The van der Waals surface area contributed by atoms with Crippen LogP contribution in [0.4, 0.5) is 5.69 Å². The van der Waals surface area contributed by atoms with E-state index in [4.69, 9.17) is 0 Å². The Balaban J connectivity index is 2.12. The average molecular weight is 394 g/mol. The molecule has 0 aliphatic heterocycles. The molecule has 0 atom stereocenters. The lowest BCUT2D eigenvalue weighted by molar-refractivity contribution is 0.0984. The van der Waals surface area contributed by atoms with Crippen LogP contribution in [0.15, 0.2) is 71.9 Å². The number of carbonyl (C=O) groups is 1. The zero-order valence-electron chi connectivity index (χ0n) is 16.1. The number of hydrogen-bond acceptors (Lipinski definition) is 4. The predicted octanol–water partition coefficient (Wildman–Crippen LogP) is 3.95. The van der Waals surface area contributed by atoms with Crippen molar-refractivity contribution >= 4 is 21.4 Å². The molecule has 3 rings (SSSR count). The first-order valence-corrected chi connectivity index (χ1v) is 10.7. The van der Waals surface area contributed by atoms with Crippen LogP contribution in [-0.2, 0) is 16.4 Å². The second kappa shape index (κ2) is 7.94. The number of sulfone groups is 1. The predicted molar refractivity (Wildman–Crippen MR) is 110 cm³/mol. The van der Waals surface area contributed by atoms with E-state index in [1.165, 1.54) is 17.2 Å². The van der Waals surface area contributed by atoms with Gasteiger partial charge in [0.1, 0.15) is 0 Å². The Bertz CT molecular complexity index is 1110. The molecule has 0 fully saturated rings. The first-order chi connectivity index (χ1) is 13.3. The Morgan fingerprint density at radius 3 is 2.39 bits per heavy atom. The highest BCUT2D eigenvalue weighted by molar-refractivity contribution is 7.90. The van der Waals surface area contributed by atoms with Crippen molar-refractivity contribution in [2.24, 2.45) is 0 Å². The summed E-state index contributed by atoms with van der Waals surface area (Å²) in [5, 5.41) is 0. The molecule has 1 amide bonds. The third-order valence-electron chi connectivity index (χ3n) is 4.62. The molecule has 2 aromatic carbocycles. The Morgan fingerprint density at radius 1 is 1.00 bits per heavy atom. The lowest BCUT2D eigenvalue weighted by atomic mass is 10.1. The van der Waals surface area contributed by atoms with Crippen molar-refractivity contribution in [1.29, 1.82) is 0 Å². The van der Waals surface area contributed by atoms with Crippen LogP contribution in [0.1, 0.15) is 27.0 Å². The van der Waals surface area contributed by atoms with Gasteiger partial charge in [-0.2, -0.15) is 0 Å². The van der Waals surface area contributed by atoms with Gasteiger partial charge in [-0.3, -0.25) is 9.78 Å². The van der Waals surface area contributed by atoms with E-state index in [9.17, 15) is 13.2 Å². The molecule has 0 saturated carbocycles. The van der Waals surface area contributed by atoms with E-state index in [2.05, 4.69) is 4.98 Å². The summed E-state index contributed by atoms with van der Waals surface area (Å²) in [6.07, 6.45) is 4.22. The summed E-state index contributed by atoms with van der Waals surface area (Å²) in [4.78, 5) is 18.9. The molecule has 1 aromatic heterocycles. The number of pyridine rings is 1. The van der Waals surface area contributed by atoms with Crippen molar-refractivity contribution in [3.05, 3.63) is 89.2 Å². The molecular formula is C22H22N2O3S. The van der Waals surface area contributed by atoms with Crippen LogP contribution >= 0.6 is 0 Å². The Labute approximate surface area is 165 Å². The molecule has 0 spiro atoms. The minimum Gasteiger partial charge on any atom is -0.303 e. The fraction of sp³-hybridized carbons (Fsp3) is 0.182. The summed E-state index contributed by atoms with van der Waals surface area (Å²) >= 11 is 0. The summed E-state index contributed by atoms with van der Waals surface area (Å²) in [5.74, 6) is -0.303. The number of para-hydroxylation sites is 1. The number of aromatic nitrogens is 1. The Hall–Kier alpha value is -2.99. The zero-order chi connectivity index (χ0) is 20.3. The Morgan fingerprint density at radius 2 is 1.75 bits per heavy atom. The third-order valence-corrected chi connectivity index (χ3v) is 5.77. The van der Waals surface area contributed by atoms with Crippen molar-refractivity contribution in [1.82, 2.24) is 4.98 Å². The fourth-order valence-electron chi connectivity index (χ4n) is 2.99. The second-order valence-corrected chi connectivity index (χ2v) is 8.78. The van der Waals surface area contributed by atoms with Crippen LogP contribution in [-0.4, -0.2) is 25.6 Å². The smallest absolute Gasteiger partial charge is 0.260 e. The molecule has 0 radical (unpaired) electrons. The first kappa shape index (κ1) is 19.8. The fourth-order valence-corrected chi connectivity index (χ4v) is 3.87. The largest absolute Gasteiger partial charge is 0.303 e. The molecule has 3 aromatic rings. The van der Waals surface area contributed by atoms with E-state index in [1.54, 1.807) is 36.5 Å². The van der Waals surface area contributed by atoms with E-state index in [0.717, 1.165) is 22.9 Å². The van der Waals surface area contributed by atoms with E-state index in [0.29, 0.717) is 11.3 Å². The Kier molecular flexibility index (Phi) is 5.61. The molecule has 5 nitrogen and oxygen atoms in total. The van der Waals surface area contributed by atoms with Crippen LogP contribution in [0.3, 0.4) is 0 Å². The molecule has 1 heterocycles. The SMILES string of the molecule is Cc1ccc(CN(C(=O)c2cccnc2)c2ccccc2S(C)(=O)=O)cc1C. The van der Waals surface area contributed by atoms with E-state index in [1.807, 2.05) is 32.0 Å². The number of anilines is 1. The van der Waals surface area contributed by atoms with Crippen molar-refractivity contribution in [2.75, 3.05) is 11.2 Å². The molecule has 0 saturated heterocycles. The molecular weight excluding hydrogens is 372 g/mol. The highest BCUT2D eigenvalue weighted by atomic mass is 32.2. The van der Waals surface area contributed by atoms with Crippen molar-refractivity contribution < 1.29 is 13.2 Å². The topological polar surface area (TPSA) is 67.3 Å². The van der Waals surface area contributed by atoms with Gasteiger partial charge in [-0.1, -0.05) is 30.3 Å². The number of aryl methyl sites for hydroxylation is 2. The summed E-state index contributed by atoms with van der Waals surface area (Å²) in [7, 11) is -3.51. The lowest BCUT2D eigenvalue weighted by Gasteiger charge is -2.25. The highest BCUT2D eigenvalue weighted by Crippen LogP contribution is 2.28. The van der Waals surface area contributed by atoms with Gasteiger partial charge in [0.25, 0.3) is 5.91 Å². The van der Waals surface area contributed by atoms with Crippen molar-refractivity contribution in [3.63, 3.8) is 0 Å². The van der Waals surface area contributed by atoms with Gasteiger partial charge in [0.05, 0.1) is 22.7 Å². The van der Waals surface area contributed by atoms with Gasteiger partial charge in [-0.25, -0.2) is 8.42 Å². The quantitative estimate of drug-likeness (QED) is 0.657. The summed E-state index contributed by atoms with van der Waals surface area (Å²) in [6.45, 7) is 4.29. The van der Waals surface area contributed by atoms with Crippen molar-refractivity contribution in [3.8, 4) is 0 Å². The van der Waals surface area contributed by atoms with Crippen LogP contribution in [0, 0.1) is 13.8 Å². The van der Waals surface area contributed by atoms with Crippen LogP contribution in [0.25, 0.3) is 0 Å². The molecule has 144 valence electrons. The minimum absolute atomic E-state index is 0.121. The molecule has 6 heteroatoms. The van der Waals surface area contributed by atoms with Gasteiger partial charge < -0.3 is 4.90 Å². The number of benzene rings is 2. The van der Waals surface area contributed by atoms with Gasteiger partial charge >= 0.3 is 0 Å². The summed E-state index contributed by atoms with van der Waals surface area (Å²) in [6, 6.07) is 15.9. The maximum Gasteiger partial charge on any atom is 0.260 e. The van der Waals surface area contributed by atoms with Crippen molar-refractivity contribution in [2.45, 2.75) is 25.3 Å². The summed E-state index contributed by atoms with van der Waals surface area (Å²) < 4.78 is 24.6. The van der Waals surface area contributed by atoms with Crippen LogP contribution < -0.4 is 4.90 Å². The van der Waals surface area contributed by atoms with E-state index >= 15 is 0 Å². The van der Waals surface area contributed by atoms with Gasteiger partial charge in [-0.05, 0) is 54.8 Å². The van der Waals surface area contributed by atoms with Gasteiger partial charge in [0.15, 0.2) is 9.84 Å². The lowest BCUT2D eigenvalue weighted by Crippen LogP contribution is -2.31. The maximum absolute atomic E-state index is 13.3. The van der Waals surface area contributed by atoms with Gasteiger partial charge in [0.2, 0.25) is 0 Å². The normalized spacial score (nSPS) is 11.2. The number of nitrogens with zero attached hydrogens (tertiary/aromatic N) is 2. The molecule has 0 aliphatic rings. The zero-order valence-corrected chi connectivity index (χ0v) is 16.9. The number of rotatable bonds is 5. The van der Waals surface area contributed by atoms with Crippen LogP contribution in [0.5, 0.6) is 0 Å². The van der Waals surface area contributed by atoms with Crippen LogP contribution in [0.2, 0.25) is 0 Å². The monoisotopic (exact) mass is 394 g/mol. The van der Waals surface area contributed by atoms with E-state index in [-0.39, 0.29) is 17.3 Å². The number of carbonyl (C=O) groups excluding carboxylic acids is 1. The molecule has 28 heavy (non-hydrogen) atoms. The summed E-state index contributed by atoms with van der Waals surface area (Å²) in [5.41, 5.74) is 3.95. The minimum atomic E-state index is -3.51. The second-order valence-electron chi connectivity index (χ2n) is 6.79. The molecule has 0 unspecified atom stereocenters. The first-order valence-electron chi connectivity index (χ1n) is 8.84. The van der Waals surface area contributed by atoms with E-state index < -0.39 is 9.84 Å². The average Bonchev–Trinajstić information content (AvgIpc) is 2.68. The molecule has 0 aliphatic carbocycles. The highest BCUT2D eigenvalue weighted by Gasteiger charge is 2.24. The molecule has 0 bridgehead atoms. The van der Waals surface area contributed by atoms with Gasteiger partial charge in [0, 0.05) is 18.6 Å². The molecule has 0 N–H and O–H groups in total.